The third-order valence-corrected chi connectivity index (χ3v) is 5.23. The van der Waals surface area contributed by atoms with Gasteiger partial charge in [0.1, 0.15) is 32.7 Å². The van der Waals surface area contributed by atoms with Crippen LogP contribution in [0.1, 0.15) is 22.8 Å². The highest BCUT2D eigenvalue weighted by Crippen LogP contribution is 2.15. The van der Waals surface area contributed by atoms with E-state index in [0.717, 1.165) is 37.7 Å². The summed E-state index contributed by atoms with van der Waals surface area (Å²) in [4.78, 5) is 26.9. The minimum absolute atomic E-state index is 0.0445. The van der Waals surface area contributed by atoms with Crippen molar-refractivity contribution in [1.29, 1.82) is 0 Å². The van der Waals surface area contributed by atoms with Crippen LogP contribution in [-0.4, -0.2) is 44.4 Å². The van der Waals surface area contributed by atoms with Gasteiger partial charge in [-0.2, -0.15) is 0 Å². The first-order chi connectivity index (χ1) is 13.0. The summed E-state index contributed by atoms with van der Waals surface area (Å²) in [7, 11) is 0. The summed E-state index contributed by atoms with van der Waals surface area (Å²) < 4.78 is 0. The number of benzene rings is 2. The molecule has 142 valence electrons. The number of nitrogens with one attached hydrogen (secondary N) is 3. The number of para-hydroxylation sites is 1. The number of Topliss-reactive ketones (excluding diaryl/α,β-unsaturated/α-hetero) is 1. The Kier molecular flexibility index (Phi) is 6.61. The molecule has 1 aliphatic rings. The van der Waals surface area contributed by atoms with E-state index in [0.29, 0.717) is 17.8 Å². The van der Waals surface area contributed by atoms with E-state index in [-0.39, 0.29) is 11.7 Å². The van der Waals surface area contributed by atoms with Crippen LogP contribution in [0.5, 0.6) is 0 Å². The Hall–Kier alpha value is -2.21. The SMILES string of the molecule is CC(=O)c1ccccc1NC(=O)C[NH+]1CC[NH+](Cc2cccc(Cl)c2)CC1. The van der Waals surface area contributed by atoms with Crippen LogP contribution in [0.4, 0.5) is 5.69 Å². The van der Waals surface area contributed by atoms with E-state index in [4.69, 9.17) is 11.6 Å². The van der Waals surface area contributed by atoms with Crippen LogP contribution in [0.15, 0.2) is 48.5 Å². The molecule has 1 fully saturated rings. The Morgan fingerprint density at radius 2 is 1.70 bits per heavy atom. The van der Waals surface area contributed by atoms with Gasteiger partial charge in [-0.05, 0) is 31.2 Å². The van der Waals surface area contributed by atoms with Gasteiger partial charge in [0.15, 0.2) is 12.3 Å². The Labute approximate surface area is 164 Å². The van der Waals surface area contributed by atoms with E-state index in [9.17, 15) is 9.59 Å². The lowest BCUT2D eigenvalue weighted by molar-refractivity contribution is -1.02. The predicted molar refractivity (Wildman–Crippen MR) is 106 cm³/mol. The molecule has 3 N–H and O–H groups in total. The highest BCUT2D eigenvalue weighted by atomic mass is 35.5. The molecule has 0 unspecified atom stereocenters. The number of quaternary nitrogens is 2. The molecule has 0 radical (unpaired) electrons. The van der Waals surface area contributed by atoms with Gasteiger partial charge in [0.25, 0.3) is 5.91 Å². The molecule has 0 aromatic heterocycles. The minimum atomic E-state index is -0.0449. The van der Waals surface area contributed by atoms with Gasteiger partial charge >= 0.3 is 0 Å². The van der Waals surface area contributed by atoms with Gasteiger partial charge in [-0.1, -0.05) is 35.9 Å². The van der Waals surface area contributed by atoms with Gasteiger partial charge in [-0.15, -0.1) is 0 Å². The Morgan fingerprint density at radius 3 is 2.41 bits per heavy atom. The second-order valence-electron chi connectivity index (χ2n) is 7.13. The number of carbonyl (C=O) groups is 2. The third kappa shape index (κ3) is 5.63. The smallest absolute Gasteiger partial charge is 0.279 e. The van der Waals surface area contributed by atoms with E-state index in [2.05, 4.69) is 11.4 Å². The van der Waals surface area contributed by atoms with Crippen LogP contribution < -0.4 is 15.1 Å². The third-order valence-electron chi connectivity index (χ3n) is 5.00. The molecule has 5 nitrogen and oxygen atoms in total. The van der Waals surface area contributed by atoms with E-state index in [1.165, 1.54) is 22.3 Å². The molecule has 0 aliphatic carbocycles. The average molecular weight is 388 g/mol. The van der Waals surface area contributed by atoms with Gasteiger partial charge in [0.2, 0.25) is 0 Å². The molecule has 1 aliphatic heterocycles. The number of amides is 1. The summed E-state index contributed by atoms with van der Waals surface area (Å²) in [5.74, 6) is -0.0894. The zero-order valence-corrected chi connectivity index (χ0v) is 16.3. The van der Waals surface area contributed by atoms with Crippen molar-refractivity contribution < 1.29 is 19.4 Å². The van der Waals surface area contributed by atoms with Gasteiger partial charge in [0, 0.05) is 16.1 Å². The van der Waals surface area contributed by atoms with E-state index >= 15 is 0 Å². The zero-order chi connectivity index (χ0) is 19.2. The molecular weight excluding hydrogens is 362 g/mol. The number of piperazine rings is 1. The standard InChI is InChI=1S/C21H24ClN3O2/c1-16(26)19-7-2-3-8-20(19)23-21(27)15-25-11-9-24(10-12-25)14-17-5-4-6-18(22)13-17/h2-8,13H,9-12,14-15H2,1H3,(H,23,27)/p+2. The van der Waals surface area contributed by atoms with Crippen LogP contribution in [0, 0.1) is 0 Å². The molecule has 2 aromatic carbocycles. The van der Waals surface area contributed by atoms with Crippen molar-refractivity contribution in [3.8, 4) is 0 Å². The van der Waals surface area contributed by atoms with E-state index < -0.39 is 0 Å². The van der Waals surface area contributed by atoms with Crippen molar-refractivity contribution in [2.75, 3.05) is 38.0 Å². The number of rotatable bonds is 6. The summed E-state index contributed by atoms with van der Waals surface area (Å²) in [6.07, 6.45) is 0. The summed E-state index contributed by atoms with van der Waals surface area (Å²) >= 11 is 6.06. The van der Waals surface area contributed by atoms with Crippen LogP contribution >= 0.6 is 11.6 Å². The van der Waals surface area contributed by atoms with Crippen molar-refractivity contribution in [3.05, 3.63) is 64.7 Å². The number of carbonyl (C=O) groups excluding carboxylic acids is 2. The lowest BCUT2D eigenvalue weighted by Gasteiger charge is -2.29. The normalized spacial score (nSPS) is 19.5. The lowest BCUT2D eigenvalue weighted by atomic mass is 10.1. The van der Waals surface area contributed by atoms with Gasteiger partial charge in [-0.3, -0.25) is 9.59 Å². The van der Waals surface area contributed by atoms with Gasteiger partial charge < -0.3 is 15.1 Å². The predicted octanol–water partition coefficient (Wildman–Crippen LogP) is 0.465. The van der Waals surface area contributed by atoms with Crippen molar-refractivity contribution in [2.45, 2.75) is 13.5 Å². The minimum Gasteiger partial charge on any atom is -0.322 e. The molecule has 0 spiro atoms. The van der Waals surface area contributed by atoms with Gasteiger partial charge in [0.05, 0.1) is 5.69 Å². The second-order valence-corrected chi connectivity index (χ2v) is 7.57. The van der Waals surface area contributed by atoms with Crippen LogP contribution in [-0.2, 0) is 11.3 Å². The number of hydrogen-bond acceptors (Lipinski definition) is 2. The summed E-state index contributed by atoms with van der Waals surface area (Å²) in [6, 6.07) is 15.2. The van der Waals surface area contributed by atoms with Crippen LogP contribution in [0.25, 0.3) is 0 Å². The van der Waals surface area contributed by atoms with Crippen molar-refractivity contribution >= 4 is 29.0 Å². The first-order valence-electron chi connectivity index (χ1n) is 9.32. The van der Waals surface area contributed by atoms with Gasteiger partial charge in [-0.25, -0.2) is 0 Å². The monoisotopic (exact) mass is 387 g/mol. The van der Waals surface area contributed by atoms with Crippen LogP contribution in [0.2, 0.25) is 5.02 Å². The molecule has 3 rings (SSSR count). The van der Waals surface area contributed by atoms with Crippen molar-refractivity contribution in [3.63, 3.8) is 0 Å². The van der Waals surface area contributed by atoms with Crippen molar-refractivity contribution in [1.82, 2.24) is 0 Å². The van der Waals surface area contributed by atoms with E-state index in [1.54, 1.807) is 18.2 Å². The molecular formula is C21H26ClN3O2+2. The molecule has 1 amide bonds. The highest BCUT2D eigenvalue weighted by Gasteiger charge is 2.25. The molecule has 1 saturated heterocycles. The Morgan fingerprint density at radius 1 is 1.00 bits per heavy atom. The highest BCUT2D eigenvalue weighted by molar-refractivity contribution is 6.30. The largest absolute Gasteiger partial charge is 0.322 e. The second kappa shape index (κ2) is 9.13. The molecule has 0 bridgehead atoms. The fourth-order valence-corrected chi connectivity index (χ4v) is 3.78. The fourth-order valence-electron chi connectivity index (χ4n) is 3.57. The first kappa shape index (κ1) is 19.5. The fraction of sp³-hybridized carbons (Fsp3) is 0.333. The number of hydrogen-bond donors (Lipinski definition) is 3. The number of halogens is 1. The molecule has 6 heteroatoms. The molecule has 27 heavy (non-hydrogen) atoms. The number of anilines is 1. The topological polar surface area (TPSA) is 55.0 Å². The molecule has 1 heterocycles. The molecule has 0 atom stereocenters. The summed E-state index contributed by atoms with van der Waals surface area (Å²) in [5, 5.41) is 3.67. The maximum absolute atomic E-state index is 12.4. The van der Waals surface area contributed by atoms with E-state index in [1.807, 2.05) is 24.3 Å². The average Bonchev–Trinajstić information content (AvgIpc) is 2.63. The lowest BCUT2D eigenvalue weighted by Crippen LogP contribution is -3.28. The first-order valence-corrected chi connectivity index (χ1v) is 9.70. The Bertz CT molecular complexity index is 817. The summed E-state index contributed by atoms with van der Waals surface area (Å²) in [5.41, 5.74) is 2.40. The maximum atomic E-state index is 12.4. The molecule has 2 aromatic rings. The van der Waals surface area contributed by atoms with Crippen LogP contribution in [0.3, 0.4) is 0 Å². The van der Waals surface area contributed by atoms with Crippen molar-refractivity contribution in [2.24, 2.45) is 0 Å². The zero-order valence-electron chi connectivity index (χ0n) is 15.6. The quantitative estimate of drug-likeness (QED) is 0.631. The summed E-state index contributed by atoms with van der Waals surface area (Å²) in [6.45, 7) is 6.87. The Balaban J connectivity index is 1.48. The molecule has 0 saturated carbocycles. The number of ketones is 1. The maximum Gasteiger partial charge on any atom is 0.279 e.